The number of hydrogen-bond donors (Lipinski definition) is 1. The van der Waals surface area contributed by atoms with E-state index in [2.05, 4.69) is 6.58 Å². The summed E-state index contributed by atoms with van der Waals surface area (Å²) in [5.41, 5.74) is 6.77. The average molecular weight is 420 g/mol. The molecule has 0 saturated carbocycles. The van der Waals surface area contributed by atoms with Crippen LogP contribution < -0.4 is 11.0 Å². The molecule has 0 heterocycles. The second-order valence-corrected chi connectivity index (χ2v) is 8.47. The molecule has 2 rings (SSSR count). The van der Waals surface area contributed by atoms with Crippen molar-refractivity contribution in [1.29, 1.82) is 0 Å². The number of allylic oxidation sites excluding steroid dienone is 1. The molecule has 2 N–H and O–H groups in total. The minimum absolute atomic E-state index is 0.0462. The Bertz CT molecular complexity index is 884. The van der Waals surface area contributed by atoms with Gasteiger partial charge in [0, 0.05) is 23.7 Å². The number of nitrogens with two attached hydrogens (primary N) is 1. The number of alkyl halides is 2. The Hall–Kier alpha value is -2.13. The lowest BCUT2D eigenvalue weighted by Gasteiger charge is -2.36. The maximum absolute atomic E-state index is 14.1. The van der Waals surface area contributed by atoms with Gasteiger partial charge in [-0.05, 0) is 50.2 Å². The Balaban J connectivity index is 2.65. The highest BCUT2D eigenvalue weighted by Gasteiger charge is 2.37. The van der Waals surface area contributed by atoms with Gasteiger partial charge in [-0.25, -0.2) is 13.2 Å². The molecule has 0 bridgehead atoms. The lowest BCUT2D eigenvalue weighted by molar-refractivity contribution is 0.0174. The molecule has 0 aliphatic rings. The van der Waals surface area contributed by atoms with Crippen molar-refractivity contribution in [2.24, 2.45) is 10.7 Å². The highest BCUT2D eigenvalue weighted by atomic mass is 31.1. The SMILES string of the molecule is C=CC[C@H](c1ccc(C(C)(F)F)cc1)[C@](C)(N=C(C)N)c1ccc(F)c(PC)c1. The molecule has 3 atom stereocenters. The van der Waals surface area contributed by atoms with Gasteiger partial charge in [0.1, 0.15) is 5.82 Å². The van der Waals surface area contributed by atoms with Crippen molar-refractivity contribution in [3.8, 4) is 0 Å². The lowest BCUT2D eigenvalue weighted by Crippen LogP contribution is -2.32. The predicted molar refractivity (Wildman–Crippen MR) is 118 cm³/mol. The number of halogens is 3. The van der Waals surface area contributed by atoms with Gasteiger partial charge in [-0.1, -0.05) is 45.0 Å². The molecular formula is C23H28F3N2P. The Kier molecular flexibility index (Phi) is 7.29. The summed E-state index contributed by atoms with van der Waals surface area (Å²) in [7, 11) is 0.295. The van der Waals surface area contributed by atoms with E-state index in [0.29, 0.717) is 26.1 Å². The van der Waals surface area contributed by atoms with Crippen molar-refractivity contribution in [2.75, 3.05) is 6.66 Å². The van der Waals surface area contributed by atoms with Crippen LogP contribution in [0.5, 0.6) is 0 Å². The average Bonchev–Trinajstić information content (AvgIpc) is 2.65. The second kappa shape index (κ2) is 9.13. The van der Waals surface area contributed by atoms with E-state index in [1.165, 1.54) is 18.2 Å². The minimum atomic E-state index is -2.91. The number of amidine groups is 1. The van der Waals surface area contributed by atoms with Gasteiger partial charge < -0.3 is 5.73 Å². The molecule has 29 heavy (non-hydrogen) atoms. The van der Waals surface area contributed by atoms with Crippen molar-refractivity contribution >= 4 is 19.7 Å². The van der Waals surface area contributed by atoms with Crippen molar-refractivity contribution in [1.82, 2.24) is 0 Å². The topological polar surface area (TPSA) is 38.4 Å². The standard InChI is InChI=1S/C23H28F3N2P/c1-6-7-19(16-8-10-17(11-9-16)23(4,25)26)22(3,28-15(2)27)18-12-13-20(24)21(14-18)29-5/h6,8-14,19,29H,1,7H2,2-5H3,(H2,27,28)/t19-,22-/m1/s1. The molecule has 0 aliphatic carbocycles. The van der Waals surface area contributed by atoms with Gasteiger partial charge in [0.05, 0.1) is 11.4 Å². The van der Waals surface area contributed by atoms with Gasteiger partial charge in [0.2, 0.25) is 0 Å². The maximum Gasteiger partial charge on any atom is 0.270 e. The second-order valence-electron chi connectivity index (χ2n) is 7.43. The molecule has 0 amide bonds. The van der Waals surface area contributed by atoms with Crippen LogP contribution in [0.15, 0.2) is 60.1 Å². The van der Waals surface area contributed by atoms with E-state index in [-0.39, 0.29) is 17.3 Å². The lowest BCUT2D eigenvalue weighted by atomic mass is 9.74. The molecule has 0 saturated heterocycles. The van der Waals surface area contributed by atoms with Crippen molar-refractivity contribution in [2.45, 2.75) is 44.6 Å². The summed E-state index contributed by atoms with van der Waals surface area (Å²) in [4.78, 5) is 4.73. The Labute approximate surface area is 172 Å². The van der Waals surface area contributed by atoms with Crippen LogP contribution in [0, 0.1) is 5.82 Å². The molecule has 1 unspecified atom stereocenters. The molecule has 2 nitrogen and oxygen atoms in total. The molecule has 2 aromatic rings. The Morgan fingerprint density at radius 3 is 2.24 bits per heavy atom. The fraction of sp³-hybridized carbons (Fsp3) is 0.348. The van der Waals surface area contributed by atoms with Crippen LogP contribution in [0.1, 0.15) is 49.8 Å². The first-order valence-electron chi connectivity index (χ1n) is 9.41. The van der Waals surface area contributed by atoms with E-state index in [1.807, 2.05) is 19.7 Å². The van der Waals surface area contributed by atoms with Crippen LogP contribution in [-0.2, 0) is 11.5 Å². The van der Waals surface area contributed by atoms with Gasteiger partial charge >= 0.3 is 0 Å². The van der Waals surface area contributed by atoms with E-state index < -0.39 is 11.5 Å². The molecule has 0 aliphatic heterocycles. The number of nitrogens with zero attached hydrogens (tertiary/aromatic N) is 1. The van der Waals surface area contributed by atoms with E-state index in [4.69, 9.17) is 10.7 Å². The first-order valence-corrected chi connectivity index (χ1v) is 10.9. The summed E-state index contributed by atoms with van der Waals surface area (Å²) in [5, 5.41) is 0.622. The summed E-state index contributed by atoms with van der Waals surface area (Å²) < 4.78 is 41.4. The van der Waals surface area contributed by atoms with E-state index >= 15 is 0 Å². The third kappa shape index (κ3) is 5.27. The fourth-order valence-electron chi connectivity index (χ4n) is 3.61. The van der Waals surface area contributed by atoms with Gasteiger partial charge in [-0.2, -0.15) is 0 Å². The highest BCUT2D eigenvalue weighted by molar-refractivity contribution is 7.46. The largest absolute Gasteiger partial charge is 0.388 e. The zero-order valence-corrected chi connectivity index (χ0v) is 18.3. The smallest absolute Gasteiger partial charge is 0.270 e. The van der Waals surface area contributed by atoms with Crippen LogP contribution in [0.25, 0.3) is 0 Å². The number of aliphatic imine (C=N–C) groups is 1. The van der Waals surface area contributed by atoms with Crippen molar-refractivity contribution < 1.29 is 13.2 Å². The van der Waals surface area contributed by atoms with Crippen molar-refractivity contribution in [3.63, 3.8) is 0 Å². The normalized spacial score (nSPS) is 16.0. The quantitative estimate of drug-likeness (QED) is 0.248. The predicted octanol–water partition coefficient (Wildman–Crippen LogP) is 5.82. The van der Waals surface area contributed by atoms with E-state index in [0.717, 1.165) is 18.1 Å². The summed E-state index contributed by atoms with van der Waals surface area (Å²) in [5.74, 6) is -2.98. The molecule has 6 heteroatoms. The molecular weight excluding hydrogens is 392 g/mol. The van der Waals surface area contributed by atoms with Gasteiger partial charge in [-0.3, -0.25) is 4.99 Å². The van der Waals surface area contributed by atoms with E-state index in [9.17, 15) is 13.2 Å². The van der Waals surface area contributed by atoms with Gasteiger partial charge in [0.25, 0.3) is 5.92 Å². The van der Waals surface area contributed by atoms with Gasteiger partial charge in [0.15, 0.2) is 0 Å². The van der Waals surface area contributed by atoms with Crippen molar-refractivity contribution in [3.05, 3.63) is 77.6 Å². The van der Waals surface area contributed by atoms with Crippen LogP contribution in [0.3, 0.4) is 0 Å². The molecule has 156 valence electrons. The zero-order valence-electron chi connectivity index (χ0n) is 17.3. The number of hydrogen-bond acceptors (Lipinski definition) is 1. The third-order valence-electron chi connectivity index (χ3n) is 5.13. The minimum Gasteiger partial charge on any atom is -0.388 e. The summed E-state index contributed by atoms with van der Waals surface area (Å²) in [6, 6.07) is 11.3. The summed E-state index contributed by atoms with van der Waals surface area (Å²) in [6.07, 6.45) is 2.33. The highest BCUT2D eigenvalue weighted by Crippen LogP contribution is 2.43. The molecule has 0 spiro atoms. The first kappa shape index (κ1) is 23.2. The van der Waals surface area contributed by atoms with E-state index in [1.54, 1.807) is 31.2 Å². The molecule has 0 aromatic heterocycles. The maximum atomic E-state index is 14.1. The Morgan fingerprint density at radius 1 is 1.17 bits per heavy atom. The third-order valence-corrected chi connectivity index (χ3v) is 6.05. The van der Waals surface area contributed by atoms with Crippen LogP contribution >= 0.6 is 8.58 Å². The zero-order chi connectivity index (χ0) is 21.8. The number of benzene rings is 2. The molecule has 0 fully saturated rings. The number of rotatable bonds is 8. The summed E-state index contributed by atoms with van der Waals surface area (Å²) in [6.45, 7) is 10.3. The summed E-state index contributed by atoms with van der Waals surface area (Å²) >= 11 is 0. The Morgan fingerprint density at radius 2 is 1.76 bits per heavy atom. The molecule has 0 radical (unpaired) electrons. The van der Waals surface area contributed by atoms with Gasteiger partial charge in [-0.15, -0.1) is 6.58 Å². The monoisotopic (exact) mass is 420 g/mol. The van der Waals surface area contributed by atoms with Crippen LogP contribution in [0.4, 0.5) is 13.2 Å². The fourth-order valence-corrected chi connectivity index (χ4v) is 4.23. The molecule has 2 aromatic carbocycles. The first-order chi connectivity index (χ1) is 13.5. The van der Waals surface area contributed by atoms with Crippen LogP contribution in [-0.4, -0.2) is 12.5 Å². The van der Waals surface area contributed by atoms with Crippen LogP contribution in [0.2, 0.25) is 0 Å².